The van der Waals surface area contributed by atoms with Gasteiger partial charge >= 0.3 is 0 Å². The molecule has 63 heavy (non-hydrogen) atoms. The number of rotatable bonds is 10. The first-order chi connectivity index (χ1) is 31.0. The van der Waals surface area contributed by atoms with Crippen LogP contribution in [0.5, 0.6) is 0 Å². The lowest BCUT2D eigenvalue weighted by Gasteiger charge is -2.31. The second-order valence-corrected chi connectivity index (χ2v) is 16.6. The van der Waals surface area contributed by atoms with Crippen LogP contribution in [0.15, 0.2) is 236 Å². The fourth-order valence-corrected chi connectivity index (χ4v) is 9.98. The topological polar surface area (TPSA) is 20.5 Å². The van der Waals surface area contributed by atoms with Crippen molar-refractivity contribution in [1.29, 1.82) is 0 Å². The van der Waals surface area contributed by atoms with Gasteiger partial charge in [0.1, 0.15) is 0 Å². The predicted octanol–water partition coefficient (Wildman–Crippen LogP) is 15.8. The molecule has 0 saturated heterocycles. The molecule has 300 valence electrons. The fraction of sp³-hybridized carbons (Fsp3) is 0.0500. The Labute approximate surface area is 369 Å². The summed E-state index contributed by atoms with van der Waals surface area (Å²) >= 11 is 0. The lowest BCUT2D eigenvalue weighted by molar-refractivity contribution is 0.636. The van der Waals surface area contributed by atoms with E-state index in [1.807, 2.05) is 0 Å². The first-order valence-electron chi connectivity index (χ1n) is 21.6. The van der Waals surface area contributed by atoms with E-state index in [-0.39, 0.29) is 5.41 Å². The molecule has 10 aromatic rings. The van der Waals surface area contributed by atoms with E-state index in [1.165, 1.54) is 71.9 Å². The quantitative estimate of drug-likeness (QED) is 0.0996. The number of aromatic nitrogens is 1. The van der Waals surface area contributed by atoms with E-state index in [0.29, 0.717) is 6.54 Å². The van der Waals surface area contributed by atoms with Gasteiger partial charge in [-0.2, -0.15) is 0 Å². The summed E-state index contributed by atoms with van der Waals surface area (Å²) in [4.78, 5) is 6.77. The third kappa shape index (κ3) is 6.32. The first-order valence-corrected chi connectivity index (χ1v) is 21.6. The number of nitrogens with zero attached hydrogens (tertiary/aromatic N) is 3. The molecule has 1 unspecified atom stereocenters. The zero-order valence-electron chi connectivity index (χ0n) is 35.2. The van der Waals surface area contributed by atoms with Crippen molar-refractivity contribution in [2.24, 2.45) is 4.99 Å². The minimum atomic E-state index is -0.377. The van der Waals surface area contributed by atoms with E-state index in [9.17, 15) is 0 Å². The largest absolute Gasteiger partial charge is 0.311 e. The maximum Gasteiger partial charge on any atom is 0.0612 e. The molecule has 0 N–H and O–H groups in total. The van der Waals surface area contributed by atoms with Gasteiger partial charge in [-0.25, -0.2) is 0 Å². The lowest BCUT2D eigenvalue weighted by atomic mass is 9.73. The SMILES string of the molecule is C=NCC1(C(=C)C)c2ccccc2-c2cc(-c3ccc(N(c4ccc(-c5ccccc5)cc4)c4ccc(-c5ccc6c(c5)c5ccccc5n6-c5ccccc5)cc4)cc3)ccc21. The summed E-state index contributed by atoms with van der Waals surface area (Å²) in [6.45, 7) is 11.0. The number of hydrogen-bond acceptors (Lipinski definition) is 2. The number of aliphatic imine (C=N–C) groups is 1. The molecule has 11 rings (SSSR count). The van der Waals surface area contributed by atoms with Crippen molar-refractivity contribution < 1.29 is 0 Å². The number of benzene rings is 9. The minimum Gasteiger partial charge on any atom is -0.311 e. The highest BCUT2D eigenvalue weighted by molar-refractivity contribution is 6.10. The molecular formula is C60H45N3. The maximum absolute atomic E-state index is 4.46. The summed E-state index contributed by atoms with van der Waals surface area (Å²) in [6, 6.07) is 79.2. The second-order valence-electron chi connectivity index (χ2n) is 16.6. The van der Waals surface area contributed by atoms with Crippen LogP contribution in [0.4, 0.5) is 17.1 Å². The Bertz CT molecular complexity index is 3320. The van der Waals surface area contributed by atoms with Crippen molar-refractivity contribution in [3.8, 4) is 50.2 Å². The van der Waals surface area contributed by atoms with E-state index < -0.39 is 0 Å². The highest BCUT2D eigenvalue weighted by Gasteiger charge is 2.43. The number of anilines is 3. The van der Waals surface area contributed by atoms with E-state index in [2.05, 4.69) is 253 Å². The summed E-state index contributed by atoms with van der Waals surface area (Å²) in [7, 11) is 0. The Morgan fingerprint density at radius 1 is 0.460 bits per heavy atom. The van der Waals surface area contributed by atoms with Crippen LogP contribution in [-0.2, 0) is 5.41 Å². The zero-order chi connectivity index (χ0) is 42.5. The third-order valence-electron chi connectivity index (χ3n) is 13.1. The van der Waals surface area contributed by atoms with Gasteiger partial charge in [0.25, 0.3) is 0 Å². The highest BCUT2D eigenvalue weighted by Crippen LogP contribution is 2.53. The van der Waals surface area contributed by atoms with Gasteiger partial charge in [0.15, 0.2) is 0 Å². The maximum atomic E-state index is 4.46. The molecule has 1 aliphatic carbocycles. The van der Waals surface area contributed by atoms with Crippen molar-refractivity contribution in [1.82, 2.24) is 4.57 Å². The van der Waals surface area contributed by atoms with Crippen molar-refractivity contribution in [3.05, 3.63) is 242 Å². The average molecular weight is 808 g/mol. The lowest BCUT2D eigenvalue weighted by Crippen LogP contribution is -2.30. The number of fused-ring (bicyclic) bond motifs is 6. The van der Waals surface area contributed by atoms with Gasteiger partial charge in [0.2, 0.25) is 0 Å². The molecule has 0 aliphatic heterocycles. The molecule has 9 aromatic carbocycles. The number of hydrogen-bond donors (Lipinski definition) is 0. The first kappa shape index (κ1) is 38.0. The zero-order valence-corrected chi connectivity index (χ0v) is 35.2. The van der Waals surface area contributed by atoms with Crippen LogP contribution < -0.4 is 4.90 Å². The third-order valence-corrected chi connectivity index (χ3v) is 13.1. The molecule has 1 aliphatic rings. The molecule has 0 spiro atoms. The second kappa shape index (κ2) is 15.5. The highest BCUT2D eigenvalue weighted by atomic mass is 15.1. The van der Waals surface area contributed by atoms with Crippen molar-refractivity contribution in [2.45, 2.75) is 12.3 Å². The van der Waals surface area contributed by atoms with Gasteiger partial charge in [-0.3, -0.25) is 4.99 Å². The van der Waals surface area contributed by atoms with Gasteiger partial charge in [0, 0.05) is 33.5 Å². The summed E-state index contributed by atoms with van der Waals surface area (Å²) in [5, 5.41) is 2.49. The van der Waals surface area contributed by atoms with Crippen molar-refractivity contribution >= 4 is 45.6 Å². The van der Waals surface area contributed by atoms with Crippen LogP contribution in [0.3, 0.4) is 0 Å². The van der Waals surface area contributed by atoms with Crippen LogP contribution in [0, 0.1) is 0 Å². The van der Waals surface area contributed by atoms with Crippen LogP contribution in [-0.4, -0.2) is 17.8 Å². The molecule has 0 amide bonds. The summed E-state index contributed by atoms with van der Waals surface area (Å²) in [6.07, 6.45) is 0. The normalized spacial score (nSPS) is 14.0. The van der Waals surface area contributed by atoms with Crippen LogP contribution in [0.25, 0.3) is 72.0 Å². The van der Waals surface area contributed by atoms with E-state index in [4.69, 9.17) is 0 Å². The molecule has 3 nitrogen and oxygen atoms in total. The van der Waals surface area contributed by atoms with E-state index in [1.54, 1.807) is 0 Å². The summed E-state index contributed by atoms with van der Waals surface area (Å²) in [5.41, 5.74) is 19.6. The Morgan fingerprint density at radius 3 is 1.57 bits per heavy atom. The van der Waals surface area contributed by atoms with Gasteiger partial charge < -0.3 is 9.47 Å². The smallest absolute Gasteiger partial charge is 0.0612 e. The Hall–Kier alpha value is -8.01. The van der Waals surface area contributed by atoms with Crippen molar-refractivity contribution in [3.63, 3.8) is 0 Å². The molecule has 1 atom stereocenters. The van der Waals surface area contributed by atoms with Crippen LogP contribution >= 0.6 is 0 Å². The Kier molecular flexibility index (Phi) is 9.32. The average Bonchev–Trinajstić information content (AvgIpc) is 3.83. The number of para-hydroxylation sites is 2. The molecule has 0 bridgehead atoms. The van der Waals surface area contributed by atoms with Gasteiger partial charge in [-0.05, 0) is 142 Å². The van der Waals surface area contributed by atoms with E-state index >= 15 is 0 Å². The summed E-state index contributed by atoms with van der Waals surface area (Å²) in [5.74, 6) is 0. The molecule has 0 radical (unpaired) electrons. The van der Waals surface area contributed by atoms with Gasteiger partial charge in [-0.15, -0.1) is 0 Å². The predicted molar refractivity (Wildman–Crippen MR) is 267 cm³/mol. The molecule has 0 saturated carbocycles. The van der Waals surface area contributed by atoms with Crippen LogP contribution in [0.2, 0.25) is 0 Å². The van der Waals surface area contributed by atoms with Crippen LogP contribution in [0.1, 0.15) is 18.1 Å². The summed E-state index contributed by atoms with van der Waals surface area (Å²) < 4.78 is 2.36. The molecule has 3 heteroatoms. The van der Waals surface area contributed by atoms with Gasteiger partial charge in [-0.1, -0.05) is 158 Å². The van der Waals surface area contributed by atoms with E-state index in [0.717, 1.165) is 33.9 Å². The van der Waals surface area contributed by atoms with Crippen molar-refractivity contribution in [2.75, 3.05) is 11.4 Å². The molecule has 1 heterocycles. The minimum absolute atomic E-state index is 0.377. The van der Waals surface area contributed by atoms with Gasteiger partial charge in [0.05, 0.1) is 23.0 Å². The Morgan fingerprint density at radius 2 is 0.937 bits per heavy atom. The standard InChI is InChI=1S/C60H45N3/c1-41(2)60(40-61-3)56-20-12-10-18-52(56)54-38-46(28-36-57(54)60)44-24-32-50(33-25-44)62(49-30-22-43(23-31-49)42-14-6-4-7-15-42)51-34-26-45(27-35-51)47-29-37-59-55(39-47)53-19-11-13-21-58(53)63(59)48-16-8-5-9-17-48/h4-39H,1,3,40H2,2H3. The Balaban J connectivity index is 0.965. The molecule has 0 fully saturated rings. The molecule has 1 aromatic heterocycles. The monoisotopic (exact) mass is 807 g/mol. The molecular weight excluding hydrogens is 763 g/mol. The fourth-order valence-electron chi connectivity index (χ4n) is 9.98.